The van der Waals surface area contributed by atoms with Crippen LogP contribution in [0.2, 0.25) is 0 Å². The first-order valence-corrected chi connectivity index (χ1v) is 6.70. The fourth-order valence-electron chi connectivity index (χ4n) is 2.21. The molecule has 5 nitrogen and oxygen atoms in total. The second kappa shape index (κ2) is 6.73. The van der Waals surface area contributed by atoms with Crippen molar-refractivity contribution in [1.82, 2.24) is 5.32 Å². The van der Waals surface area contributed by atoms with Gasteiger partial charge in [-0.05, 0) is 37.8 Å². The number of esters is 1. The molecule has 106 valence electrons. The average Bonchev–Trinajstić information content (AvgIpc) is 2.95. The lowest BCUT2D eigenvalue weighted by atomic mass is 10.0. The van der Waals surface area contributed by atoms with Gasteiger partial charge in [0.25, 0.3) is 0 Å². The monoisotopic (exact) mass is 267 g/mol. The lowest BCUT2D eigenvalue weighted by Crippen LogP contribution is -2.30. The zero-order valence-electron chi connectivity index (χ0n) is 11.5. The molecule has 1 aromatic rings. The van der Waals surface area contributed by atoms with E-state index in [2.05, 4.69) is 10.1 Å². The van der Waals surface area contributed by atoms with Crippen LogP contribution in [-0.4, -0.2) is 32.8 Å². The molecule has 0 radical (unpaired) electrons. The van der Waals surface area contributed by atoms with Gasteiger partial charge in [-0.2, -0.15) is 0 Å². The van der Waals surface area contributed by atoms with Crippen LogP contribution in [0.5, 0.6) is 0 Å². The molecule has 1 aliphatic heterocycles. The van der Waals surface area contributed by atoms with Gasteiger partial charge in [0.05, 0.1) is 19.8 Å². The zero-order valence-corrected chi connectivity index (χ0v) is 11.5. The van der Waals surface area contributed by atoms with E-state index in [4.69, 9.17) is 9.15 Å². The third-order valence-corrected chi connectivity index (χ3v) is 3.41. The fraction of sp³-hybridized carbons (Fsp3) is 0.643. The molecule has 5 heteroatoms. The second-order valence-corrected chi connectivity index (χ2v) is 4.91. The van der Waals surface area contributed by atoms with Gasteiger partial charge in [0, 0.05) is 13.2 Å². The summed E-state index contributed by atoms with van der Waals surface area (Å²) in [6, 6.07) is 3.52. The summed E-state index contributed by atoms with van der Waals surface area (Å²) in [4.78, 5) is 11.3. The van der Waals surface area contributed by atoms with Crippen LogP contribution in [0.1, 0.15) is 42.1 Å². The Bertz CT molecular complexity index is 409. The van der Waals surface area contributed by atoms with Crippen LogP contribution in [0.25, 0.3) is 0 Å². The molecule has 0 bridgehead atoms. The number of hydrogen-bond donors (Lipinski definition) is 1. The van der Waals surface area contributed by atoms with Crippen molar-refractivity contribution in [2.24, 2.45) is 5.92 Å². The largest absolute Gasteiger partial charge is 0.463 e. The molecule has 19 heavy (non-hydrogen) atoms. The third-order valence-electron chi connectivity index (χ3n) is 3.41. The van der Waals surface area contributed by atoms with E-state index in [0.29, 0.717) is 5.92 Å². The predicted octanol–water partition coefficient (Wildman–Crippen LogP) is 2.14. The van der Waals surface area contributed by atoms with Crippen LogP contribution < -0.4 is 5.32 Å². The van der Waals surface area contributed by atoms with E-state index in [1.165, 1.54) is 13.5 Å². The molecule has 1 aromatic heterocycles. The molecular weight excluding hydrogens is 246 g/mol. The van der Waals surface area contributed by atoms with Gasteiger partial charge in [0.15, 0.2) is 0 Å². The summed E-state index contributed by atoms with van der Waals surface area (Å²) >= 11 is 0. The van der Waals surface area contributed by atoms with Gasteiger partial charge in [0.1, 0.15) is 5.76 Å². The maximum absolute atomic E-state index is 11.3. The van der Waals surface area contributed by atoms with Crippen molar-refractivity contribution in [3.05, 3.63) is 23.7 Å². The molecule has 2 unspecified atom stereocenters. The number of nitrogens with one attached hydrogen (secondary N) is 1. The number of carbonyl (C=O) groups is 1. The molecule has 2 rings (SSSR count). The minimum Gasteiger partial charge on any atom is -0.463 e. The van der Waals surface area contributed by atoms with E-state index in [1.807, 2.05) is 6.92 Å². The Morgan fingerprint density at radius 1 is 1.58 bits per heavy atom. The van der Waals surface area contributed by atoms with E-state index in [0.717, 1.165) is 31.9 Å². The summed E-state index contributed by atoms with van der Waals surface area (Å²) in [6.07, 6.45) is 2.33. The van der Waals surface area contributed by atoms with Crippen molar-refractivity contribution in [2.45, 2.75) is 25.8 Å². The number of hydrogen-bond acceptors (Lipinski definition) is 5. The highest BCUT2D eigenvalue weighted by Gasteiger charge is 2.18. The van der Waals surface area contributed by atoms with E-state index in [9.17, 15) is 4.79 Å². The molecule has 2 atom stereocenters. The van der Waals surface area contributed by atoms with Crippen LogP contribution in [0, 0.1) is 5.92 Å². The first-order valence-electron chi connectivity index (χ1n) is 6.70. The maximum atomic E-state index is 11.3. The van der Waals surface area contributed by atoms with Crippen molar-refractivity contribution < 1.29 is 18.7 Å². The highest BCUT2D eigenvalue weighted by molar-refractivity contribution is 5.86. The Kier molecular flexibility index (Phi) is 4.99. The van der Waals surface area contributed by atoms with Gasteiger partial charge in [-0.15, -0.1) is 0 Å². The van der Waals surface area contributed by atoms with Crippen LogP contribution in [0.4, 0.5) is 0 Å². The minimum atomic E-state index is -0.445. The number of carbonyl (C=O) groups excluding carboxylic acids is 1. The molecular formula is C14H21NO4. The van der Waals surface area contributed by atoms with Gasteiger partial charge in [-0.25, -0.2) is 4.79 Å². The molecule has 0 spiro atoms. The normalized spacial score (nSPS) is 21.1. The molecule has 1 N–H and O–H groups in total. The van der Waals surface area contributed by atoms with Gasteiger partial charge in [-0.3, -0.25) is 0 Å². The Balaban J connectivity index is 1.83. The van der Waals surface area contributed by atoms with Crippen molar-refractivity contribution >= 4 is 5.97 Å². The first-order chi connectivity index (χ1) is 9.20. The molecule has 0 amide bonds. The van der Waals surface area contributed by atoms with E-state index < -0.39 is 5.97 Å². The van der Waals surface area contributed by atoms with Crippen LogP contribution in [0.3, 0.4) is 0 Å². The molecule has 1 aliphatic rings. The number of ether oxygens (including phenoxy) is 2. The van der Waals surface area contributed by atoms with Gasteiger partial charge in [0.2, 0.25) is 5.76 Å². The smallest absolute Gasteiger partial charge is 0.373 e. The van der Waals surface area contributed by atoms with E-state index in [-0.39, 0.29) is 11.8 Å². The zero-order chi connectivity index (χ0) is 13.7. The Hall–Kier alpha value is -1.33. The molecule has 1 fully saturated rings. The van der Waals surface area contributed by atoms with Crippen LogP contribution in [-0.2, 0) is 9.47 Å². The Morgan fingerprint density at radius 3 is 3.11 bits per heavy atom. The summed E-state index contributed by atoms with van der Waals surface area (Å²) in [5, 5.41) is 3.41. The first kappa shape index (κ1) is 14.1. The lowest BCUT2D eigenvalue weighted by Gasteiger charge is -2.23. The fourth-order valence-corrected chi connectivity index (χ4v) is 2.21. The van der Waals surface area contributed by atoms with Crippen molar-refractivity contribution in [3.8, 4) is 0 Å². The average molecular weight is 267 g/mol. The summed E-state index contributed by atoms with van der Waals surface area (Å²) in [6.45, 7) is 4.62. The maximum Gasteiger partial charge on any atom is 0.373 e. The quantitative estimate of drug-likeness (QED) is 0.828. The van der Waals surface area contributed by atoms with Crippen molar-refractivity contribution in [2.75, 3.05) is 26.9 Å². The van der Waals surface area contributed by atoms with E-state index >= 15 is 0 Å². The molecule has 0 aromatic carbocycles. The Morgan fingerprint density at radius 2 is 2.42 bits per heavy atom. The van der Waals surface area contributed by atoms with Gasteiger partial charge >= 0.3 is 5.97 Å². The standard InChI is InChI=1S/C14H21NO4/c1-10(15-8-11-4-3-7-18-9-11)12-5-6-13(19-12)14(16)17-2/h5-6,10-11,15H,3-4,7-9H2,1-2H3. The number of methoxy groups -OCH3 is 1. The van der Waals surface area contributed by atoms with E-state index in [1.54, 1.807) is 12.1 Å². The summed E-state index contributed by atoms with van der Waals surface area (Å²) in [7, 11) is 1.34. The topological polar surface area (TPSA) is 60.7 Å². The highest BCUT2D eigenvalue weighted by atomic mass is 16.5. The molecule has 2 heterocycles. The van der Waals surface area contributed by atoms with Crippen LogP contribution >= 0.6 is 0 Å². The second-order valence-electron chi connectivity index (χ2n) is 4.91. The Labute approximate surface area is 113 Å². The minimum absolute atomic E-state index is 0.0698. The summed E-state index contributed by atoms with van der Waals surface area (Å²) < 4.78 is 15.5. The predicted molar refractivity (Wildman–Crippen MR) is 70.0 cm³/mol. The van der Waals surface area contributed by atoms with Gasteiger partial charge in [-0.1, -0.05) is 0 Å². The number of furan rings is 1. The van der Waals surface area contributed by atoms with Crippen LogP contribution in [0.15, 0.2) is 16.5 Å². The molecule has 0 aliphatic carbocycles. The summed E-state index contributed by atoms with van der Waals surface area (Å²) in [5.74, 6) is 1.11. The number of rotatable bonds is 5. The van der Waals surface area contributed by atoms with Crippen molar-refractivity contribution in [1.29, 1.82) is 0 Å². The van der Waals surface area contributed by atoms with Crippen molar-refractivity contribution in [3.63, 3.8) is 0 Å². The van der Waals surface area contributed by atoms with Gasteiger partial charge < -0.3 is 19.2 Å². The lowest BCUT2D eigenvalue weighted by molar-refractivity contribution is 0.0534. The molecule has 1 saturated heterocycles. The third kappa shape index (κ3) is 3.81. The summed E-state index contributed by atoms with van der Waals surface area (Å²) in [5.41, 5.74) is 0. The molecule has 0 saturated carbocycles. The highest BCUT2D eigenvalue weighted by Crippen LogP contribution is 2.18. The SMILES string of the molecule is COC(=O)c1ccc(C(C)NCC2CCCOC2)o1.